The van der Waals surface area contributed by atoms with Crippen LogP contribution < -0.4 is 5.32 Å². The molecule has 0 spiro atoms. The molecule has 0 radical (unpaired) electrons. The van der Waals surface area contributed by atoms with Crippen LogP contribution in [-0.2, 0) is 11.2 Å². The number of hydrogen-bond acceptors (Lipinski definition) is 4. The lowest BCUT2D eigenvalue weighted by Gasteiger charge is -2.40. The van der Waals surface area contributed by atoms with Crippen LogP contribution in [0.25, 0.3) is 0 Å². The molecular formula is C18H23N5O2. The summed E-state index contributed by atoms with van der Waals surface area (Å²) in [6.45, 7) is 4.77. The van der Waals surface area contributed by atoms with Crippen molar-refractivity contribution in [1.29, 1.82) is 0 Å². The van der Waals surface area contributed by atoms with Gasteiger partial charge in [-0.1, -0.05) is 35.0 Å². The van der Waals surface area contributed by atoms with Gasteiger partial charge in [-0.3, -0.25) is 0 Å². The Hall–Kier alpha value is -2.41. The molecule has 0 bridgehead atoms. The summed E-state index contributed by atoms with van der Waals surface area (Å²) in [6, 6.07) is 8.57. The monoisotopic (exact) mass is 341 g/mol. The summed E-state index contributed by atoms with van der Waals surface area (Å²) in [4.78, 5) is 14.3. The first-order valence-corrected chi connectivity index (χ1v) is 8.73. The Morgan fingerprint density at radius 1 is 1.28 bits per heavy atom. The van der Waals surface area contributed by atoms with Gasteiger partial charge in [0.25, 0.3) is 0 Å². The van der Waals surface area contributed by atoms with Crippen molar-refractivity contribution in [3.8, 4) is 0 Å². The van der Waals surface area contributed by atoms with Crippen LogP contribution in [0.3, 0.4) is 0 Å². The van der Waals surface area contributed by atoms with Crippen LogP contribution in [0, 0.1) is 12.8 Å². The molecule has 2 amide bonds. The zero-order chi connectivity index (χ0) is 17.2. The lowest BCUT2D eigenvalue weighted by Crippen LogP contribution is -2.57. The molecule has 0 unspecified atom stereocenters. The van der Waals surface area contributed by atoms with Crippen LogP contribution in [-0.4, -0.2) is 58.3 Å². The molecule has 1 aromatic carbocycles. The fourth-order valence-corrected chi connectivity index (χ4v) is 3.51. The molecule has 2 fully saturated rings. The predicted molar refractivity (Wildman–Crippen MR) is 92.1 cm³/mol. The third kappa shape index (κ3) is 3.51. The molecule has 2 aliphatic rings. The van der Waals surface area contributed by atoms with Crippen molar-refractivity contribution in [3.63, 3.8) is 0 Å². The first kappa shape index (κ1) is 16.1. The van der Waals surface area contributed by atoms with Crippen molar-refractivity contribution in [2.45, 2.75) is 25.4 Å². The number of aromatic nitrogens is 3. The van der Waals surface area contributed by atoms with Crippen molar-refractivity contribution in [2.75, 3.05) is 26.3 Å². The third-order valence-electron chi connectivity index (χ3n) is 5.03. The van der Waals surface area contributed by atoms with Crippen LogP contribution >= 0.6 is 0 Å². The molecule has 0 saturated carbocycles. The largest absolute Gasteiger partial charge is 0.377 e. The van der Waals surface area contributed by atoms with Gasteiger partial charge in [-0.25, -0.2) is 9.48 Å². The number of rotatable bonds is 4. The molecule has 2 aliphatic heterocycles. The molecular weight excluding hydrogens is 318 g/mol. The van der Waals surface area contributed by atoms with E-state index in [4.69, 9.17) is 4.74 Å². The minimum atomic E-state index is -0.0645. The van der Waals surface area contributed by atoms with Crippen LogP contribution in [0.1, 0.15) is 17.2 Å². The topological polar surface area (TPSA) is 72.3 Å². The quantitative estimate of drug-likeness (QED) is 0.913. The standard InChI is InChI=1S/C18H23N5O2/c1-13-2-4-14(5-3-13)8-15-9-22(10-15)18(24)20-16-11-25-12-17(16)23-7-6-19-21-23/h2-7,15-17H,8-12H2,1H3,(H,20,24)/t16-,17+/m0/s1. The zero-order valence-corrected chi connectivity index (χ0v) is 14.3. The summed E-state index contributed by atoms with van der Waals surface area (Å²) in [5.41, 5.74) is 2.62. The second-order valence-corrected chi connectivity index (χ2v) is 7.00. The van der Waals surface area contributed by atoms with E-state index in [0.717, 1.165) is 19.5 Å². The van der Waals surface area contributed by atoms with Gasteiger partial charge in [-0.2, -0.15) is 0 Å². The highest BCUT2D eigenvalue weighted by atomic mass is 16.5. The van der Waals surface area contributed by atoms with Crippen LogP contribution in [0.5, 0.6) is 0 Å². The maximum absolute atomic E-state index is 12.5. The van der Waals surface area contributed by atoms with E-state index in [1.54, 1.807) is 17.1 Å². The average Bonchev–Trinajstić information content (AvgIpc) is 3.23. The maximum atomic E-state index is 12.5. The second-order valence-electron chi connectivity index (χ2n) is 7.00. The molecule has 0 aliphatic carbocycles. The average molecular weight is 341 g/mol. The first-order valence-electron chi connectivity index (χ1n) is 8.73. The number of hydrogen-bond donors (Lipinski definition) is 1. The highest BCUT2D eigenvalue weighted by molar-refractivity contribution is 5.75. The van der Waals surface area contributed by atoms with Crippen LogP contribution in [0.15, 0.2) is 36.7 Å². The first-order chi connectivity index (χ1) is 12.2. The molecule has 7 nitrogen and oxygen atoms in total. The Labute approximate surface area is 147 Å². The maximum Gasteiger partial charge on any atom is 0.317 e. The van der Waals surface area contributed by atoms with Gasteiger partial charge < -0.3 is 15.0 Å². The molecule has 1 aromatic heterocycles. The van der Waals surface area contributed by atoms with E-state index >= 15 is 0 Å². The van der Waals surface area contributed by atoms with Gasteiger partial charge in [-0.15, -0.1) is 5.10 Å². The molecule has 2 atom stereocenters. The number of nitrogens with one attached hydrogen (secondary N) is 1. The van der Waals surface area contributed by atoms with Gasteiger partial charge in [-0.05, 0) is 24.8 Å². The van der Waals surface area contributed by atoms with E-state index in [0.29, 0.717) is 19.1 Å². The van der Waals surface area contributed by atoms with Crippen molar-refractivity contribution in [2.24, 2.45) is 5.92 Å². The summed E-state index contributed by atoms with van der Waals surface area (Å²) in [5.74, 6) is 0.541. The molecule has 2 aromatic rings. The number of nitrogens with zero attached hydrogens (tertiary/aromatic N) is 4. The van der Waals surface area contributed by atoms with Gasteiger partial charge >= 0.3 is 6.03 Å². The normalized spacial score (nSPS) is 23.5. The number of aryl methyl sites for hydroxylation is 1. The van der Waals surface area contributed by atoms with Crippen LogP contribution in [0.2, 0.25) is 0 Å². The van der Waals surface area contributed by atoms with Gasteiger partial charge in [0.1, 0.15) is 0 Å². The predicted octanol–water partition coefficient (Wildman–Crippen LogP) is 1.41. The van der Waals surface area contributed by atoms with Crippen molar-refractivity contribution >= 4 is 6.03 Å². The van der Waals surface area contributed by atoms with Crippen LogP contribution in [0.4, 0.5) is 4.79 Å². The summed E-state index contributed by atoms with van der Waals surface area (Å²) < 4.78 is 7.27. The van der Waals surface area contributed by atoms with E-state index in [2.05, 4.69) is 46.8 Å². The minimum absolute atomic E-state index is 0.0103. The molecule has 7 heteroatoms. The van der Waals surface area contributed by atoms with Crippen molar-refractivity contribution < 1.29 is 9.53 Å². The summed E-state index contributed by atoms with van der Waals surface area (Å²) in [6.07, 6.45) is 4.47. The summed E-state index contributed by atoms with van der Waals surface area (Å²) in [7, 11) is 0. The minimum Gasteiger partial charge on any atom is -0.377 e. The number of ether oxygens (including phenoxy) is 1. The number of carbonyl (C=O) groups excluding carboxylic acids is 1. The highest BCUT2D eigenvalue weighted by Crippen LogP contribution is 2.23. The number of benzene rings is 1. The van der Waals surface area contributed by atoms with E-state index < -0.39 is 0 Å². The molecule has 132 valence electrons. The SMILES string of the molecule is Cc1ccc(CC2CN(C(=O)N[C@H]3COC[C@H]3n3ccnn3)C2)cc1. The molecule has 3 heterocycles. The van der Waals surface area contributed by atoms with Gasteiger partial charge in [0, 0.05) is 19.3 Å². The summed E-state index contributed by atoms with van der Waals surface area (Å²) >= 11 is 0. The van der Waals surface area contributed by atoms with E-state index in [9.17, 15) is 4.79 Å². The lowest BCUT2D eigenvalue weighted by atomic mass is 9.92. The van der Waals surface area contributed by atoms with E-state index in [-0.39, 0.29) is 18.1 Å². The molecule has 25 heavy (non-hydrogen) atoms. The fraction of sp³-hybridized carbons (Fsp3) is 0.500. The smallest absolute Gasteiger partial charge is 0.317 e. The Morgan fingerprint density at radius 2 is 2.08 bits per heavy atom. The van der Waals surface area contributed by atoms with Gasteiger partial charge in [0.05, 0.1) is 31.5 Å². The number of urea groups is 1. The number of carbonyl (C=O) groups is 1. The molecule has 1 N–H and O–H groups in total. The van der Waals surface area contributed by atoms with E-state index in [1.807, 2.05) is 4.90 Å². The summed E-state index contributed by atoms with van der Waals surface area (Å²) in [5, 5.41) is 10.9. The molecule has 4 rings (SSSR count). The molecule has 2 saturated heterocycles. The number of amides is 2. The second kappa shape index (κ2) is 6.84. The lowest BCUT2D eigenvalue weighted by molar-refractivity contribution is 0.116. The Bertz CT molecular complexity index is 710. The number of likely N-dealkylation sites (tertiary alicyclic amines) is 1. The Morgan fingerprint density at radius 3 is 2.80 bits per heavy atom. The van der Waals surface area contributed by atoms with Gasteiger partial charge in [0.2, 0.25) is 0 Å². The van der Waals surface area contributed by atoms with Crippen molar-refractivity contribution in [1.82, 2.24) is 25.2 Å². The van der Waals surface area contributed by atoms with Gasteiger partial charge in [0.15, 0.2) is 0 Å². The third-order valence-corrected chi connectivity index (χ3v) is 5.03. The van der Waals surface area contributed by atoms with E-state index in [1.165, 1.54) is 11.1 Å². The Balaban J connectivity index is 1.26. The highest BCUT2D eigenvalue weighted by Gasteiger charge is 2.36. The fourth-order valence-electron chi connectivity index (χ4n) is 3.51. The zero-order valence-electron chi connectivity index (χ0n) is 14.3. The Kier molecular flexibility index (Phi) is 4.40. The van der Waals surface area contributed by atoms with Crippen molar-refractivity contribution in [3.05, 3.63) is 47.8 Å².